The maximum atomic E-state index is 11.0. The van der Waals surface area contributed by atoms with Gasteiger partial charge in [-0.15, -0.1) is 0 Å². The molecular formula is C36H56O5. The molecule has 0 spiro atoms. The Morgan fingerprint density at radius 2 is 1.51 bits per heavy atom. The first kappa shape index (κ1) is 34.8. The molecule has 0 amide bonds. The summed E-state index contributed by atoms with van der Waals surface area (Å²) in [4.78, 5) is 10.8. The molecule has 0 aliphatic rings. The lowest BCUT2D eigenvalue weighted by Crippen LogP contribution is -2.30. The quantitative estimate of drug-likeness (QED) is 0.148. The van der Waals surface area contributed by atoms with Gasteiger partial charge in [0.15, 0.2) is 0 Å². The summed E-state index contributed by atoms with van der Waals surface area (Å²) in [5.74, 6) is -0.208. The molecule has 230 valence electrons. The summed E-state index contributed by atoms with van der Waals surface area (Å²) in [5, 5.41) is 29.9. The van der Waals surface area contributed by atoms with Gasteiger partial charge >= 0.3 is 5.97 Å². The molecule has 2 aromatic carbocycles. The van der Waals surface area contributed by atoms with Crippen LogP contribution in [0.4, 0.5) is 0 Å². The van der Waals surface area contributed by atoms with Crippen LogP contribution < -0.4 is 4.74 Å². The first-order chi connectivity index (χ1) is 19.4. The Morgan fingerprint density at radius 1 is 0.878 bits per heavy atom. The second kappa shape index (κ2) is 16.3. The van der Waals surface area contributed by atoms with Gasteiger partial charge in [-0.1, -0.05) is 90.6 Å². The first-order valence-corrected chi connectivity index (χ1v) is 15.8. The first-order valence-electron chi connectivity index (χ1n) is 15.8. The molecule has 0 aliphatic carbocycles. The summed E-state index contributed by atoms with van der Waals surface area (Å²) < 4.78 is 5.85. The van der Waals surface area contributed by atoms with Crippen molar-refractivity contribution in [2.24, 2.45) is 5.41 Å². The Kier molecular flexibility index (Phi) is 13.9. The molecule has 2 atom stereocenters. The summed E-state index contributed by atoms with van der Waals surface area (Å²) in [5.41, 5.74) is 5.92. The van der Waals surface area contributed by atoms with Crippen molar-refractivity contribution in [3.63, 3.8) is 0 Å². The van der Waals surface area contributed by atoms with Crippen LogP contribution in [0.15, 0.2) is 36.4 Å². The van der Waals surface area contributed by atoms with Crippen LogP contribution in [0.1, 0.15) is 127 Å². The molecule has 0 saturated carbocycles. The number of benzene rings is 2. The van der Waals surface area contributed by atoms with E-state index in [1.54, 1.807) is 0 Å². The zero-order valence-electron chi connectivity index (χ0n) is 26.8. The third-order valence-electron chi connectivity index (χ3n) is 9.22. The normalized spacial score (nSPS) is 13.7. The zero-order chi connectivity index (χ0) is 30.6. The third-order valence-corrected chi connectivity index (χ3v) is 9.22. The predicted octanol–water partition coefficient (Wildman–Crippen LogP) is 8.30. The van der Waals surface area contributed by atoms with E-state index in [9.17, 15) is 15.0 Å². The maximum Gasteiger partial charge on any atom is 0.303 e. The summed E-state index contributed by atoms with van der Waals surface area (Å²) >= 11 is 0. The highest BCUT2D eigenvalue weighted by atomic mass is 16.5. The number of carboxylic acid groups (broad SMARTS) is 1. The maximum absolute atomic E-state index is 11.0. The number of aryl methyl sites for hydroxylation is 3. The molecule has 2 rings (SSSR count). The van der Waals surface area contributed by atoms with Crippen molar-refractivity contribution < 1.29 is 24.9 Å². The van der Waals surface area contributed by atoms with Crippen LogP contribution in [-0.2, 0) is 16.6 Å². The number of ether oxygens (including phenoxy) is 1. The van der Waals surface area contributed by atoms with E-state index in [0.717, 1.165) is 37.7 Å². The van der Waals surface area contributed by atoms with E-state index in [1.165, 1.54) is 47.9 Å². The van der Waals surface area contributed by atoms with Crippen LogP contribution in [0.3, 0.4) is 0 Å². The second-order valence-electron chi connectivity index (χ2n) is 12.7. The average molecular weight is 569 g/mol. The number of aliphatic carboxylic acids is 1. The standard InChI is InChI=1S/C36H56O5/c1-8-11-12-13-22-35(6,7)33(38)20-15-28-14-16-29(23-26(28)4)36(9-2,10-3)30-17-19-32(27(5)24-30)41-25-31(37)18-21-34(39)40/h14,16-17,19,23-24,31,33,37-38H,8-13,15,18,20-22,25H2,1-7H3,(H,39,40)/t31-,33?/m0/s1. The minimum Gasteiger partial charge on any atom is -0.491 e. The van der Waals surface area contributed by atoms with E-state index in [0.29, 0.717) is 5.75 Å². The topological polar surface area (TPSA) is 87.0 Å². The van der Waals surface area contributed by atoms with Gasteiger partial charge in [0.25, 0.3) is 0 Å². The van der Waals surface area contributed by atoms with E-state index < -0.39 is 12.1 Å². The van der Waals surface area contributed by atoms with E-state index in [4.69, 9.17) is 9.84 Å². The SMILES string of the molecule is CCCCCCC(C)(C)C(O)CCc1ccc(C(CC)(CC)c2ccc(OC[C@@H](O)CCC(=O)O)c(C)c2)cc1C. The zero-order valence-corrected chi connectivity index (χ0v) is 26.8. The number of aliphatic hydroxyl groups excluding tert-OH is 2. The van der Waals surface area contributed by atoms with Crippen molar-refractivity contribution in [2.45, 2.75) is 137 Å². The Morgan fingerprint density at radius 3 is 2.07 bits per heavy atom. The third kappa shape index (κ3) is 9.85. The molecule has 2 aromatic rings. The van der Waals surface area contributed by atoms with Gasteiger partial charge in [0, 0.05) is 11.8 Å². The van der Waals surface area contributed by atoms with Gasteiger partial charge in [-0.05, 0) is 91.7 Å². The Balaban J connectivity index is 2.15. The van der Waals surface area contributed by atoms with Gasteiger partial charge in [-0.2, -0.15) is 0 Å². The fourth-order valence-corrected chi connectivity index (χ4v) is 6.03. The predicted molar refractivity (Wildman–Crippen MR) is 169 cm³/mol. The molecule has 5 heteroatoms. The van der Waals surface area contributed by atoms with E-state index in [2.05, 4.69) is 71.9 Å². The number of rotatable bonds is 19. The largest absolute Gasteiger partial charge is 0.491 e. The highest BCUT2D eigenvalue weighted by Gasteiger charge is 2.32. The van der Waals surface area contributed by atoms with Crippen LogP contribution in [0.2, 0.25) is 0 Å². The fraction of sp³-hybridized carbons (Fsp3) is 0.639. The molecule has 3 N–H and O–H groups in total. The Labute approximate surface area is 249 Å². The number of carboxylic acids is 1. The van der Waals surface area contributed by atoms with Crippen molar-refractivity contribution in [1.29, 1.82) is 0 Å². The second-order valence-corrected chi connectivity index (χ2v) is 12.7. The van der Waals surface area contributed by atoms with Crippen LogP contribution in [0.25, 0.3) is 0 Å². The summed E-state index contributed by atoms with van der Waals surface area (Å²) in [6, 6.07) is 13.2. The number of aliphatic hydroxyl groups is 2. The Bertz CT molecular complexity index is 1090. The summed E-state index contributed by atoms with van der Waals surface area (Å²) in [6.45, 7) is 15.4. The number of hydrogen-bond donors (Lipinski definition) is 3. The molecule has 0 aliphatic heterocycles. The lowest BCUT2D eigenvalue weighted by Gasteiger charge is -2.34. The highest BCUT2D eigenvalue weighted by Crippen LogP contribution is 2.41. The van der Waals surface area contributed by atoms with Gasteiger partial charge in [0.1, 0.15) is 12.4 Å². The van der Waals surface area contributed by atoms with Gasteiger partial charge in [-0.3, -0.25) is 4.79 Å². The highest BCUT2D eigenvalue weighted by molar-refractivity contribution is 5.66. The Hall–Kier alpha value is -2.37. The van der Waals surface area contributed by atoms with Crippen LogP contribution in [-0.4, -0.2) is 40.1 Å². The van der Waals surface area contributed by atoms with E-state index in [1.807, 2.05) is 13.0 Å². The minimum atomic E-state index is -0.918. The van der Waals surface area contributed by atoms with Crippen molar-refractivity contribution in [1.82, 2.24) is 0 Å². The number of unbranched alkanes of at least 4 members (excludes halogenated alkanes) is 3. The van der Waals surface area contributed by atoms with Gasteiger partial charge in [0.2, 0.25) is 0 Å². The fourth-order valence-electron chi connectivity index (χ4n) is 6.03. The molecule has 0 fully saturated rings. The van der Waals surface area contributed by atoms with Crippen molar-refractivity contribution in [2.75, 3.05) is 6.61 Å². The van der Waals surface area contributed by atoms with E-state index in [-0.39, 0.29) is 36.4 Å². The van der Waals surface area contributed by atoms with Crippen molar-refractivity contribution >= 4 is 5.97 Å². The monoisotopic (exact) mass is 568 g/mol. The summed E-state index contributed by atoms with van der Waals surface area (Å²) in [7, 11) is 0. The molecule has 41 heavy (non-hydrogen) atoms. The molecule has 0 radical (unpaired) electrons. The lowest BCUT2D eigenvalue weighted by molar-refractivity contribution is -0.137. The van der Waals surface area contributed by atoms with Crippen LogP contribution in [0, 0.1) is 19.3 Å². The molecule has 0 heterocycles. The smallest absolute Gasteiger partial charge is 0.303 e. The van der Waals surface area contributed by atoms with Gasteiger partial charge in [-0.25, -0.2) is 0 Å². The summed E-state index contributed by atoms with van der Waals surface area (Å²) in [6.07, 6.45) is 8.55. The average Bonchev–Trinajstić information content (AvgIpc) is 2.94. The van der Waals surface area contributed by atoms with Crippen LogP contribution >= 0.6 is 0 Å². The van der Waals surface area contributed by atoms with Gasteiger partial charge < -0.3 is 20.1 Å². The van der Waals surface area contributed by atoms with Crippen molar-refractivity contribution in [3.05, 3.63) is 64.2 Å². The molecule has 0 saturated heterocycles. The van der Waals surface area contributed by atoms with Crippen LogP contribution in [0.5, 0.6) is 5.75 Å². The molecule has 0 bridgehead atoms. The molecule has 1 unspecified atom stereocenters. The van der Waals surface area contributed by atoms with Crippen molar-refractivity contribution in [3.8, 4) is 5.75 Å². The van der Waals surface area contributed by atoms with Gasteiger partial charge in [0.05, 0.1) is 12.2 Å². The molecular weight excluding hydrogens is 512 g/mol. The lowest BCUT2D eigenvalue weighted by atomic mass is 9.69. The molecule has 0 aromatic heterocycles. The number of carbonyl (C=O) groups is 1. The van der Waals surface area contributed by atoms with E-state index >= 15 is 0 Å². The molecule has 5 nitrogen and oxygen atoms in total. The minimum absolute atomic E-state index is 0.0640. The number of hydrogen-bond acceptors (Lipinski definition) is 4.